The lowest BCUT2D eigenvalue weighted by atomic mass is 10.1. The molecule has 0 radical (unpaired) electrons. The highest BCUT2D eigenvalue weighted by molar-refractivity contribution is 5.96. The molecule has 1 aromatic rings. The summed E-state index contributed by atoms with van der Waals surface area (Å²) in [6.07, 6.45) is 0.937. The van der Waals surface area contributed by atoms with Crippen molar-refractivity contribution < 1.29 is 14.3 Å². The molecular formula is C13H18N2O3. The quantitative estimate of drug-likeness (QED) is 0.628. The molecule has 1 heterocycles. The van der Waals surface area contributed by atoms with Crippen LogP contribution in [0.25, 0.3) is 0 Å². The molecule has 3 N–H and O–H groups in total. The molecular weight excluding hydrogens is 232 g/mol. The van der Waals surface area contributed by atoms with Crippen molar-refractivity contribution in [1.29, 1.82) is 0 Å². The number of ether oxygens (including phenoxy) is 2. The fraction of sp³-hybridized carbons (Fsp3) is 0.462. The first kappa shape index (κ1) is 12.7. The van der Waals surface area contributed by atoms with Crippen molar-refractivity contribution in [2.45, 2.75) is 19.4 Å². The third-order valence-electron chi connectivity index (χ3n) is 2.83. The molecule has 0 aliphatic carbocycles. The van der Waals surface area contributed by atoms with Gasteiger partial charge in [-0.1, -0.05) is 0 Å². The smallest absolute Gasteiger partial charge is 0.340 e. The van der Waals surface area contributed by atoms with Gasteiger partial charge in [-0.2, -0.15) is 0 Å². The van der Waals surface area contributed by atoms with Gasteiger partial charge in [0.1, 0.15) is 0 Å². The van der Waals surface area contributed by atoms with E-state index in [0.29, 0.717) is 24.5 Å². The Bertz CT molecular complexity index is 428. The molecule has 0 saturated carbocycles. The number of hydrogen-bond acceptors (Lipinski definition) is 5. The summed E-state index contributed by atoms with van der Waals surface area (Å²) in [6.45, 7) is 3.54. The lowest BCUT2D eigenvalue weighted by molar-refractivity contribution is 0.0527. The van der Waals surface area contributed by atoms with Crippen molar-refractivity contribution in [3.05, 3.63) is 23.8 Å². The number of benzene rings is 1. The number of nitrogens with two attached hydrogens (primary N) is 1. The predicted molar refractivity (Wildman–Crippen MR) is 69.7 cm³/mol. The highest BCUT2D eigenvalue weighted by Crippen LogP contribution is 2.22. The average molecular weight is 250 g/mol. The lowest BCUT2D eigenvalue weighted by Crippen LogP contribution is -2.21. The van der Waals surface area contributed by atoms with Crippen LogP contribution in [-0.4, -0.2) is 31.8 Å². The van der Waals surface area contributed by atoms with Gasteiger partial charge in [-0.05, 0) is 31.5 Å². The molecule has 0 bridgehead atoms. The Morgan fingerprint density at radius 3 is 3.11 bits per heavy atom. The van der Waals surface area contributed by atoms with Crippen LogP contribution in [0.1, 0.15) is 23.7 Å². The molecule has 0 aromatic heterocycles. The summed E-state index contributed by atoms with van der Waals surface area (Å²) in [5, 5.41) is 3.29. The third-order valence-corrected chi connectivity index (χ3v) is 2.83. The van der Waals surface area contributed by atoms with Gasteiger partial charge in [-0.25, -0.2) is 4.79 Å². The van der Waals surface area contributed by atoms with Crippen LogP contribution in [0.3, 0.4) is 0 Å². The molecule has 5 heteroatoms. The number of esters is 1. The van der Waals surface area contributed by atoms with Gasteiger partial charge in [0, 0.05) is 18.0 Å². The Balaban J connectivity index is 2.19. The second-order valence-electron chi connectivity index (χ2n) is 4.23. The number of carbonyl (C=O) groups is 1. The maximum atomic E-state index is 11.8. The standard InChI is InChI=1S/C13H18N2O3/c1-2-18-13(16)11-7-9(14)3-4-12(11)15-10-5-6-17-8-10/h3-4,7,10,15H,2,5-6,8,14H2,1H3. The van der Waals surface area contributed by atoms with Gasteiger partial charge in [-0.3, -0.25) is 0 Å². The summed E-state index contributed by atoms with van der Waals surface area (Å²) in [4.78, 5) is 11.8. The monoisotopic (exact) mass is 250 g/mol. The van der Waals surface area contributed by atoms with Crippen LogP contribution in [-0.2, 0) is 9.47 Å². The first-order valence-corrected chi connectivity index (χ1v) is 6.11. The molecule has 0 amide bonds. The molecule has 1 aromatic carbocycles. The fourth-order valence-corrected chi connectivity index (χ4v) is 1.93. The lowest BCUT2D eigenvalue weighted by Gasteiger charge is -2.16. The van der Waals surface area contributed by atoms with Crippen molar-refractivity contribution in [3.8, 4) is 0 Å². The van der Waals surface area contributed by atoms with Crippen LogP contribution in [0.2, 0.25) is 0 Å². The van der Waals surface area contributed by atoms with E-state index < -0.39 is 0 Å². The minimum absolute atomic E-state index is 0.238. The molecule has 1 atom stereocenters. The Morgan fingerprint density at radius 2 is 2.44 bits per heavy atom. The van der Waals surface area contributed by atoms with Crippen LogP contribution < -0.4 is 11.1 Å². The zero-order valence-corrected chi connectivity index (χ0v) is 10.4. The molecule has 98 valence electrons. The summed E-state index contributed by atoms with van der Waals surface area (Å²) in [6, 6.07) is 5.44. The molecule has 5 nitrogen and oxygen atoms in total. The molecule has 1 unspecified atom stereocenters. The summed E-state index contributed by atoms with van der Waals surface area (Å²) >= 11 is 0. The highest BCUT2D eigenvalue weighted by atomic mass is 16.5. The van der Waals surface area contributed by atoms with Crippen molar-refractivity contribution in [1.82, 2.24) is 0 Å². The van der Waals surface area contributed by atoms with Crippen molar-refractivity contribution in [2.75, 3.05) is 30.9 Å². The molecule has 0 spiro atoms. The Kier molecular flexibility index (Phi) is 4.04. The fourth-order valence-electron chi connectivity index (χ4n) is 1.93. The summed E-state index contributed by atoms with van der Waals surface area (Å²) in [7, 11) is 0. The number of nitrogen functional groups attached to an aromatic ring is 1. The van der Waals surface area contributed by atoms with Gasteiger partial charge in [0.2, 0.25) is 0 Å². The van der Waals surface area contributed by atoms with E-state index in [2.05, 4.69) is 5.32 Å². The number of anilines is 2. The number of hydrogen-bond donors (Lipinski definition) is 2. The molecule has 1 fully saturated rings. The van der Waals surface area contributed by atoms with E-state index >= 15 is 0 Å². The van der Waals surface area contributed by atoms with E-state index in [4.69, 9.17) is 15.2 Å². The van der Waals surface area contributed by atoms with Gasteiger partial charge in [0.25, 0.3) is 0 Å². The van der Waals surface area contributed by atoms with Crippen LogP contribution >= 0.6 is 0 Å². The molecule has 1 aliphatic heterocycles. The second-order valence-corrected chi connectivity index (χ2v) is 4.23. The molecule has 2 rings (SSSR count). The van der Waals surface area contributed by atoms with Crippen LogP contribution in [0.15, 0.2) is 18.2 Å². The first-order chi connectivity index (χ1) is 8.70. The second kappa shape index (κ2) is 5.73. The van der Waals surface area contributed by atoms with E-state index in [-0.39, 0.29) is 12.0 Å². The van der Waals surface area contributed by atoms with Crippen molar-refractivity contribution >= 4 is 17.3 Å². The van der Waals surface area contributed by atoms with E-state index in [9.17, 15) is 4.79 Å². The number of nitrogens with one attached hydrogen (secondary N) is 1. The normalized spacial score (nSPS) is 18.6. The molecule has 1 saturated heterocycles. The van der Waals surface area contributed by atoms with Gasteiger partial charge in [0.15, 0.2) is 0 Å². The number of rotatable bonds is 4. The molecule has 18 heavy (non-hydrogen) atoms. The molecule has 1 aliphatic rings. The van der Waals surface area contributed by atoms with Gasteiger partial charge >= 0.3 is 5.97 Å². The van der Waals surface area contributed by atoms with E-state index in [1.807, 2.05) is 0 Å². The predicted octanol–water partition coefficient (Wildman–Crippen LogP) is 1.65. The number of carbonyl (C=O) groups excluding carboxylic acids is 1. The van der Waals surface area contributed by atoms with Crippen LogP contribution in [0.4, 0.5) is 11.4 Å². The average Bonchev–Trinajstić information content (AvgIpc) is 2.84. The zero-order valence-electron chi connectivity index (χ0n) is 10.4. The van der Waals surface area contributed by atoms with E-state index in [1.165, 1.54) is 0 Å². The third kappa shape index (κ3) is 2.92. The first-order valence-electron chi connectivity index (χ1n) is 6.11. The van der Waals surface area contributed by atoms with E-state index in [1.54, 1.807) is 25.1 Å². The van der Waals surface area contributed by atoms with Gasteiger partial charge < -0.3 is 20.5 Å². The minimum Gasteiger partial charge on any atom is -0.462 e. The minimum atomic E-state index is -0.355. The highest BCUT2D eigenvalue weighted by Gasteiger charge is 2.19. The van der Waals surface area contributed by atoms with Gasteiger partial charge in [0.05, 0.1) is 24.8 Å². The van der Waals surface area contributed by atoms with Crippen LogP contribution in [0.5, 0.6) is 0 Å². The van der Waals surface area contributed by atoms with Crippen molar-refractivity contribution in [2.24, 2.45) is 0 Å². The maximum Gasteiger partial charge on any atom is 0.340 e. The maximum absolute atomic E-state index is 11.8. The zero-order chi connectivity index (χ0) is 13.0. The topological polar surface area (TPSA) is 73.6 Å². The van der Waals surface area contributed by atoms with E-state index in [0.717, 1.165) is 18.7 Å². The van der Waals surface area contributed by atoms with Crippen molar-refractivity contribution in [3.63, 3.8) is 0 Å². The van der Waals surface area contributed by atoms with Crippen LogP contribution in [0, 0.1) is 0 Å². The Morgan fingerprint density at radius 1 is 1.61 bits per heavy atom. The summed E-state index contributed by atoms with van der Waals surface area (Å²) < 4.78 is 10.3. The Labute approximate surface area is 106 Å². The largest absolute Gasteiger partial charge is 0.462 e. The summed E-state index contributed by atoms with van der Waals surface area (Å²) in [5.74, 6) is -0.355. The summed E-state index contributed by atoms with van der Waals surface area (Å²) in [5.41, 5.74) is 7.48. The van der Waals surface area contributed by atoms with Gasteiger partial charge in [-0.15, -0.1) is 0 Å². The SMILES string of the molecule is CCOC(=O)c1cc(N)ccc1NC1CCOC1. The Hall–Kier alpha value is -1.75.